The second-order valence-corrected chi connectivity index (χ2v) is 6.50. The van der Waals surface area contributed by atoms with Crippen molar-refractivity contribution in [3.05, 3.63) is 16.1 Å². The minimum atomic E-state index is 0. The molecule has 0 amide bonds. The molecule has 0 saturated carbocycles. The molecule has 0 aliphatic carbocycles. The number of rotatable bonds is 8. The van der Waals surface area contributed by atoms with E-state index in [1.807, 2.05) is 13.2 Å². The highest BCUT2D eigenvalue weighted by Crippen LogP contribution is 2.10. The number of halogens is 1. The minimum Gasteiger partial charge on any atom is -0.354 e. The predicted octanol–water partition coefficient (Wildman–Crippen LogP) is 4.09. The zero-order valence-electron chi connectivity index (χ0n) is 13.6. The Bertz CT molecular complexity index is 406. The van der Waals surface area contributed by atoms with E-state index < -0.39 is 0 Å². The second kappa shape index (κ2) is 12.2. The van der Waals surface area contributed by atoms with Crippen LogP contribution in [0.5, 0.6) is 0 Å². The van der Waals surface area contributed by atoms with Crippen molar-refractivity contribution in [3.8, 4) is 0 Å². The molecule has 0 radical (unpaired) electrons. The number of hydrogen-bond acceptors (Lipinski definition) is 3. The van der Waals surface area contributed by atoms with Crippen molar-refractivity contribution in [3.63, 3.8) is 0 Å². The van der Waals surface area contributed by atoms with Gasteiger partial charge in [-0.15, -0.1) is 35.3 Å². The molecule has 0 spiro atoms. The highest BCUT2D eigenvalue weighted by Gasteiger charge is 2.06. The van der Waals surface area contributed by atoms with Crippen LogP contribution in [0, 0.1) is 6.92 Å². The number of nitrogens with zero attached hydrogens (tertiary/aromatic N) is 2. The van der Waals surface area contributed by atoms with Crippen molar-refractivity contribution in [1.29, 1.82) is 0 Å². The summed E-state index contributed by atoms with van der Waals surface area (Å²) in [5, 5.41) is 7.85. The van der Waals surface area contributed by atoms with E-state index in [1.54, 1.807) is 11.3 Å². The van der Waals surface area contributed by atoms with Gasteiger partial charge in [0.25, 0.3) is 0 Å². The van der Waals surface area contributed by atoms with E-state index in [0.717, 1.165) is 17.5 Å². The SMILES string of the molecule is CCCCCCC(C)NC(=NC)NCc1ncc(C)s1.I. The van der Waals surface area contributed by atoms with Crippen molar-refractivity contribution in [2.24, 2.45) is 4.99 Å². The van der Waals surface area contributed by atoms with Gasteiger partial charge in [-0.05, 0) is 20.3 Å². The lowest BCUT2D eigenvalue weighted by Crippen LogP contribution is -2.41. The first-order chi connectivity index (χ1) is 9.65. The molecule has 0 aliphatic rings. The van der Waals surface area contributed by atoms with Gasteiger partial charge in [-0.2, -0.15) is 0 Å². The first kappa shape index (κ1) is 20.6. The van der Waals surface area contributed by atoms with Gasteiger partial charge in [0.1, 0.15) is 5.01 Å². The number of guanidine groups is 1. The molecule has 1 aromatic rings. The molecule has 2 N–H and O–H groups in total. The number of aromatic nitrogens is 1. The van der Waals surface area contributed by atoms with Crippen LogP contribution < -0.4 is 10.6 Å². The smallest absolute Gasteiger partial charge is 0.191 e. The normalized spacial score (nSPS) is 12.7. The average Bonchev–Trinajstić information content (AvgIpc) is 2.85. The third kappa shape index (κ3) is 9.29. The van der Waals surface area contributed by atoms with Crippen LogP contribution in [0.4, 0.5) is 0 Å². The summed E-state index contributed by atoms with van der Waals surface area (Å²) in [7, 11) is 1.81. The zero-order valence-corrected chi connectivity index (χ0v) is 16.8. The van der Waals surface area contributed by atoms with Crippen molar-refractivity contribution in [2.75, 3.05) is 7.05 Å². The maximum Gasteiger partial charge on any atom is 0.191 e. The highest BCUT2D eigenvalue weighted by atomic mass is 127. The number of hydrogen-bond donors (Lipinski definition) is 2. The van der Waals surface area contributed by atoms with Crippen LogP contribution in [0.2, 0.25) is 0 Å². The monoisotopic (exact) mass is 424 g/mol. The van der Waals surface area contributed by atoms with E-state index in [0.29, 0.717) is 6.04 Å². The molecule has 0 fully saturated rings. The van der Waals surface area contributed by atoms with Gasteiger partial charge < -0.3 is 10.6 Å². The molecule has 0 saturated heterocycles. The summed E-state index contributed by atoms with van der Waals surface area (Å²) >= 11 is 1.72. The Kier molecular flexibility index (Phi) is 12.0. The molecule has 21 heavy (non-hydrogen) atoms. The van der Waals surface area contributed by atoms with Crippen LogP contribution in [0.3, 0.4) is 0 Å². The topological polar surface area (TPSA) is 49.3 Å². The van der Waals surface area contributed by atoms with Crippen molar-refractivity contribution in [1.82, 2.24) is 15.6 Å². The molecule has 4 nitrogen and oxygen atoms in total. The van der Waals surface area contributed by atoms with E-state index in [4.69, 9.17) is 0 Å². The van der Waals surface area contributed by atoms with Gasteiger partial charge in [-0.25, -0.2) is 4.98 Å². The van der Waals surface area contributed by atoms with E-state index in [2.05, 4.69) is 41.4 Å². The summed E-state index contributed by atoms with van der Waals surface area (Å²) in [5.41, 5.74) is 0. The van der Waals surface area contributed by atoms with Crippen LogP contribution in [-0.2, 0) is 6.54 Å². The molecule has 1 unspecified atom stereocenters. The summed E-state index contributed by atoms with van der Waals surface area (Å²) in [6, 6.07) is 0.455. The van der Waals surface area contributed by atoms with Crippen molar-refractivity contribution < 1.29 is 0 Å². The van der Waals surface area contributed by atoms with Gasteiger partial charge in [0.15, 0.2) is 5.96 Å². The Morgan fingerprint density at radius 3 is 2.71 bits per heavy atom. The van der Waals surface area contributed by atoms with E-state index >= 15 is 0 Å². The average molecular weight is 424 g/mol. The molecular formula is C15H29IN4S. The molecule has 122 valence electrons. The fourth-order valence-electron chi connectivity index (χ4n) is 2.02. The lowest BCUT2D eigenvalue weighted by Gasteiger charge is -2.17. The molecular weight excluding hydrogens is 395 g/mol. The fraction of sp³-hybridized carbons (Fsp3) is 0.733. The third-order valence-corrected chi connectivity index (χ3v) is 4.09. The Balaban J connectivity index is 0.00000400. The Morgan fingerprint density at radius 1 is 1.38 bits per heavy atom. The predicted molar refractivity (Wildman–Crippen MR) is 104 cm³/mol. The number of nitrogens with one attached hydrogen (secondary N) is 2. The molecule has 0 bridgehead atoms. The number of aliphatic imine (C=N–C) groups is 1. The fourth-order valence-corrected chi connectivity index (χ4v) is 2.75. The Morgan fingerprint density at radius 2 is 2.14 bits per heavy atom. The Hall–Kier alpha value is -0.370. The van der Waals surface area contributed by atoms with Gasteiger partial charge in [-0.3, -0.25) is 4.99 Å². The summed E-state index contributed by atoms with van der Waals surface area (Å²) in [6.07, 6.45) is 8.34. The van der Waals surface area contributed by atoms with Gasteiger partial charge >= 0.3 is 0 Å². The molecule has 1 atom stereocenters. The lowest BCUT2D eigenvalue weighted by atomic mass is 10.1. The van der Waals surface area contributed by atoms with Gasteiger partial charge in [0.05, 0.1) is 6.54 Å². The first-order valence-electron chi connectivity index (χ1n) is 7.54. The summed E-state index contributed by atoms with van der Waals surface area (Å²) in [6.45, 7) is 7.27. The maximum atomic E-state index is 4.34. The quantitative estimate of drug-likeness (QED) is 0.286. The largest absolute Gasteiger partial charge is 0.354 e. The molecule has 1 aromatic heterocycles. The van der Waals surface area contributed by atoms with E-state index in [9.17, 15) is 0 Å². The van der Waals surface area contributed by atoms with Crippen LogP contribution in [0.1, 0.15) is 55.8 Å². The molecule has 0 aliphatic heterocycles. The second-order valence-electron chi connectivity index (χ2n) is 5.19. The summed E-state index contributed by atoms with van der Waals surface area (Å²) < 4.78 is 0. The first-order valence-corrected chi connectivity index (χ1v) is 8.35. The van der Waals surface area contributed by atoms with Crippen LogP contribution in [0.25, 0.3) is 0 Å². The zero-order chi connectivity index (χ0) is 14.8. The van der Waals surface area contributed by atoms with Gasteiger partial charge in [-0.1, -0.05) is 32.6 Å². The van der Waals surface area contributed by atoms with Crippen LogP contribution in [-0.4, -0.2) is 24.0 Å². The lowest BCUT2D eigenvalue weighted by molar-refractivity contribution is 0.537. The molecule has 1 heterocycles. The Labute approximate surface area is 150 Å². The number of aryl methyl sites for hydroxylation is 1. The maximum absolute atomic E-state index is 4.34. The minimum absolute atomic E-state index is 0. The van der Waals surface area contributed by atoms with Crippen molar-refractivity contribution >= 4 is 41.3 Å². The summed E-state index contributed by atoms with van der Waals surface area (Å²) in [5.74, 6) is 0.862. The van der Waals surface area contributed by atoms with Crippen molar-refractivity contribution in [2.45, 2.75) is 65.5 Å². The van der Waals surface area contributed by atoms with Crippen LogP contribution >= 0.6 is 35.3 Å². The molecule has 0 aromatic carbocycles. The summed E-state index contributed by atoms with van der Waals surface area (Å²) in [4.78, 5) is 9.85. The number of thiazole rings is 1. The molecule has 6 heteroatoms. The van der Waals surface area contributed by atoms with E-state index in [1.165, 1.54) is 37.0 Å². The van der Waals surface area contributed by atoms with Gasteiger partial charge in [0, 0.05) is 24.2 Å². The number of unbranched alkanes of at least 4 members (excludes halogenated alkanes) is 3. The highest BCUT2D eigenvalue weighted by molar-refractivity contribution is 14.0. The van der Waals surface area contributed by atoms with Gasteiger partial charge in [0.2, 0.25) is 0 Å². The standard InChI is InChI=1S/C15H28N4S.HI/c1-5-6-7-8-9-12(2)19-15(16-4)18-11-14-17-10-13(3)20-14;/h10,12H,5-9,11H2,1-4H3,(H2,16,18,19);1H. The molecule has 1 rings (SSSR count). The van der Waals surface area contributed by atoms with Crippen LogP contribution in [0.15, 0.2) is 11.2 Å². The third-order valence-electron chi connectivity index (χ3n) is 3.17. The van der Waals surface area contributed by atoms with E-state index in [-0.39, 0.29) is 24.0 Å².